The maximum absolute atomic E-state index is 12.9. The van der Waals surface area contributed by atoms with E-state index in [0.29, 0.717) is 25.9 Å². The van der Waals surface area contributed by atoms with Crippen LogP contribution in [-0.4, -0.2) is 35.1 Å². The maximum atomic E-state index is 12.9. The number of amides is 2. The molecule has 0 saturated carbocycles. The Hall–Kier alpha value is -2.82. The fraction of sp³-hybridized carbons (Fsp3) is 0.364. The first-order chi connectivity index (χ1) is 12.9. The van der Waals surface area contributed by atoms with Crippen LogP contribution in [0.2, 0.25) is 0 Å². The van der Waals surface area contributed by atoms with E-state index in [1.54, 1.807) is 4.90 Å². The van der Waals surface area contributed by atoms with Crippen LogP contribution in [0.25, 0.3) is 0 Å². The second-order valence-electron chi connectivity index (χ2n) is 7.31. The molecular weight excluding hydrogens is 340 g/mol. The smallest absolute Gasteiger partial charge is 0.318 e. The van der Waals surface area contributed by atoms with Crippen molar-refractivity contribution >= 4 is 12.0 Å². The standard InChI is InChI=1S/C22H26N2O3/c1-15-5-3-7-18(13-15)20(19-8-4-6-16(2)14-19)23-22(27)24-11-9-17(10-12-24)21(25)26/h3-8,13-14,17,20H,9-12H2,1-2H3,(H,23,27)(H,25,26). The molecule has 0 aliphatic carbocycles. The number of piperidine rings is 1. The van der Waals surface area contributed by atoms with Crippen molar-refractivity contribution in [1.82, 2.24) is 10.2 Å². The zero-order valence-electron chi connectivity index (χ0n) is 15.8. The summed E-state index contributed by atoms with van der Waals surface area (Å²) in [4.78, 5) is 25.7. The van der Waals surface area contributed by atoms with Gasteiger partial charge in [0.1, 0.15) is 0 Å². The van der Waals surface area contributed by atoms with Crippen molar-refractivity contribution in [2.75, 3.05) is 13.1 Å². The van der Waals surface area contributed by atoms with Crippen LogP contribution in [0, 0.1) is 19.8 Å². The zero-order valence-corrected chi connectivity index (χ0v) is 15.8. The Morgan fingerprint density at radius 3 is 1.96 bits per heavy atom. The average Bonchev–Trinajstić information content (AvgIpc) is 2.66. The topological polar surface area (TPSA) is 69.6 Å². The van der Waals surface area contributed by atoms with Crippen LogP contribution >= 0.6 is 0 Å². The van der Waals surface area contributed by atoms with Gasteiger partial charge in [0.05, 0.1) is 12.0 Å². The van der Waals surface area contributed by atoms with Crippen LogP contribution in [0.15, 0.2) is 48.5 Å². The molecule has 1 fully saturated rings. The quantitative estimate of drug-likeness (QED) is 0.862. The number of carbonyl (C=O) groups excluding carboxylic acids is 1. The summed E-state index contributed by atoms with van der Waals surface area (Å²) in [5.41, 5.74) is 4.35. The number of rotatable bonds is 4. The van der Waals surface area contributed by atoms with Gasteiger partial charge in [-0.05, 0) is 37.8 Å². The lowest BCUT2D eigenvalue weighted by atomic mass is 9.95. The third-order valence-electron chi connectivity index (χ3n) is 5.15. The third-order valence-corrected chi connectivity index (χ3v) is 5.15. The van der Waals surface area contributed by atoms with Crippen molar-refractivity contribution in [3.05, 3.63) is 70.8 Å². The lowest BCUT2D eigenvalue weighted by molar-refractivity contribution is -0.143. The summed E-state index contributed by atoms with van der Waals surface area (Å²) in [5, 5.41) is 12.3. The highest BCUT2D eigenvalue weighted by Gasteiger charge is 2.28. The van der Waals surface area contributed by atoms with Crippen molar-refractivity contribution in [3.63, 3.8) is 0 Å². The molecule has 0 unspecified atom stereocenters. The molecule has 27 heavy (non-hydrogen) atoms. The maximum Gasteiger partial charge on any atom is 0.318 e. The van der Waals surface area contributed by atoms with Crippen LogP contribution in [0.4, 0.5) is 4.79 Å². The molecule has 1 aliphatic rings. The molecule has 0 aromatic heterocycles. The monoisotopic (exact) mass is 366 g/mol. The van der Waals surface area contributed by atoms with Crippen molar-refractivity contribution in [3.8, 4) is 0 Å². The van der Waals surface area contributed by atoms with E-state index in [1.165, 1.54) is 0 Å². The van der Waals surface area contributed by atoms with Crippen molar-refractivity contribution in [2.24, 2.45) is 5.92 Å². The predicted molar refractivity (Wildman–Crippen MR) is 105 cm³/mol. The normalized spacial score (nSPS) is 15.0. The van der Waals surface area contributed by atoms with Gasteiger partial charge < -0.3 is 15.3 Å². The average molecular weight is 366 g/mol. The van der Waals surface area contributed by atoms with Gasteiger partial charge in [0.15, 0.2) is 0 Å². The van der Waals surface area contributed by atoms with E-state index in [9.17, 15) is 9.59 Å². The highest BCUT2D eigenvalue weighted by molar-refractivity contribution is 5.76. The Bertz CT molecular complexity index is 780. The summed E-state index contributed by atoms with van der Waals surface area (Å²) in [6.07, 6.45) is 1.00. The van der Waals surface area contributed by atoms with Gasteiger partial charge in [-0.25, -0.2) is 4.79 Å². The minimum absolute atomic E-state index is 0.146. The number of benzene rings is 2. The largest absolute Gasteiger partial charge is 0.481 e. The molecule has 2 aromatic rings. The van der Waals surface area contributed by atoms with Gasteiger partial charge in [-0.3, -0.25) is 4.79 Å². The second kappa shape index (κ2) is 8.25. The number of urea groups is 1. The molecule has 0 spiro atoms. The fourth-order valence-electron chi connectivity index (χ4n) is 3.60. The molecule has 0 radical (unpaired) electrons. The molecule has 2 aromatic carbocycles. The zero-order chi connectivity index (χ0) is 19.4. The predicted octanol–water partition coefficient (Wildman–Crippen LogP) is 3.90. The summed E-state index contributed by atoms with van der Waals surface area (Å²) in [7, 11) is 0. The van der Waals surface area contributed by atoms with Gasteiger partial charge in [-0.15, -0.1) is 0 Å². The summed E-state index contributed by atoms with van der Waals surface area (Å²) < 4.78 is 0. The van der Waals surface area contributed by atoms with Crippen molar-refractivity contribution in [2.45, 2.75) is 32.7 Å². The highest BCUT2D eigenvalue weighted by Crippen LogP contribution is 2.25. The summed E-state index contributed by atoms with van der Waals surface area (Å²) in [6.45, 7) is 5.01. The van der Waals surface area contributed by atoms with Gasteiger partial charge >= 0.3 is 12.0 Å². The van der Waals surface area contributed by atoms with Crippen molar-refractivity contribution in [1.29, 1.82) is 0 Å². The lowest BCUT2D eigenvalue weighted by Gasteiger charge is -2.32. The van der Waals surface area contributed by atoms with Gasteiger partial charge in [0, 0.05) is 13.1 Å². The molecule has 5 heteroatoms. The first-order valence-corrected chi connectivity index (χ1v) is 9.35. The first-order valence-electron chi connectivity index (χ1n) is 9.35. The molecule has 1 aliphatic heterocycles. The van der Waals surface area contributed by atoms with Gasteiger partial charge in [-0.1, -0.05) is 59.7 Å². The Labute approximate surface area is 160 Å². The molecule has 2 amide bonds. The number of hydrogen-bond acceptors (Lipinski definition) is 2. The molecule has 3 rings (SSSR count). The number of likely N-dealkylation sites (tertiary alicyclic amines) is 1. The number of carboxylic acids is 1. The van der Waals surface area contributed by atoms with E-state index in [1.807, 2.05) is 50.2 Å². The fourth-order valence-corrected chi connectivity index (χ4v) is 3.60. The van der Waals surface area contributed by atoms with E-state index in [4.69, 9.17) is 5.11 Å². The molecule has 0 atom stereocenters. The van der Waals surface area contributed by atoms with Gasteiger partial charge in [0.2, 0.25) is 0 Å². The van der Waals surface area contributed by atoms with Crippen LogP contribution in [0.1, 0.15) is 41.1 Å². The van der Waals surface area contributed by atoms with E-state index >= 15 is 0 Å². The molecular formula is C22H26N2O3. The SMILES string of the molecule is Cc1cccc(C(NC(=O)N2CCC(C(=O)O)CC2)c2cccc(C)c2)c1. The van der Waals surface area contributed by atoms with Crippen LogP contribution in [0.3, 0.4) is 0 Å². The Morgan fingerprint density at radius 1 is 1.00 bits per heavy atom. The number of nitrogens with one attached hydrogen (secondary N) is 1. The van der Waals surface area contributed by atoms with Gasteiger partial charge in [-0.2, -0.15) is 0 Å². The van der Waals surface area contributed by atoms with E-state index < -0.39 is 5.97 Å². The Morgan fingerprint density at radius 2 is 1.52 bits per heavy atom. The minimum atomic E-state index is -0.771. The van der Waals surface area contributed by atoms with Crippen molar-refractivity contribution < 1.29 is 14.7 Å². The van der Waals surface area contributed by atoms with Crippen LogP contribution < -0.4 is 5.32 Å². The first kappa shape index (κ1) is 19.0. The van der Waals surface area contributed by atoms with E-state index in [2.05, 4.69) is 17.4 Å². The molecule has 142 valence electrons. The molecule has 2 N–H and O–H groups in total. The Balaban J connectivity index is 1.80. The number of nitrogens with zero attached hydrogens (tertiary/aromatic N) is 1. The number of aryl methyl sites for hydroxylation is 2. The number of carboxylic acid groups (broad SMARTS) is 1. The number of aliphatic carboxylic acids is 1. The summed E-state index contributed by atoms with van der Waals surface area (Å²) in [6, 6.07) is 15.9. The minimum Gasteiger partial charge on any atom is -0.481 e. The summed E-state index contributed by atoms with van der Waals surface area (Å²) >= 11 is 0. The Kier molecular flexibility index (Phi) is 5.79. The molecule has 1 saturated heterocycles. The van der Waals surface area contributed by atoms with E-state index in [0.717, 1.165) is 22.3 Å². The number of hydrogen-bond donors (Lipinski definition) is 2. The molecule has 1 heterocycles. The van der Waals surface area contributed by atoms with Crippen LogP contribution in [-0.2, 0) is 4.79 Å². The van der Waals surface area contributed by atoms with Gasteiger partial charge in [0.25, 0.3) is 0 Å². The van der Waals surface area contributed by atoms with Crippen LogP contribution in [0.5, 0.6) is 0 Å². The molecule has 5 nitrogen and oxygen atoms in total. The number of carbonyl (C=O) groups is 2. The summed E-state index contributed by atoms with van der Waals surface area (Å²) in [5.74, 6) is -1.12. The third kappa shape index (κ3) is 4.67. The van der Waals surface area contributed by atoms with E-state index in [-0.39, 0.29) is 18.0 Å². The highest BCUT2D eigenvalue weighted by atomic mass is 16.4. The lowest BCUT2D eigenvalue weighted by Crippen LogP contribution is -2.46. The second-order valence-corrected chi connectivity index (χ2v) is 7.31. The molecule has 0 bridgehead atoms.